The first-order chi connectivity index (χ1) is 11.9. The zero-order chi connectivity index (χ0) is 18.0. The van der Waals surface area contributed by atoms with Crippen LogP contribution in [0.15, 0.2) is 27.6 Å². The molecule has 1 saturated carbocycles. The summed E-state index contributed by atoms with van der Waals surface area (Å²) < 4.78 is 5.22. The van der Waals surface area contributed by atoms with E-state index in [2.05, 4.69) is 10.1 Å². The van der Waals surface area contributed by atoms with E-state index in [1.807, 2.05) is 0 Å². The number of nitro benzene ring substituents is 1. The van der Waals surface area contributed by atoms with E-state index in [-0.39, 0.29) is 17.0 Å². The van der Waals surface area contributed by atoms with Crippen molar-refractivity contribution in [2.45, 2.75) is 41.9 Å². The van der Waals surface area contributed by atoms with Crippen LogP contribution in [-0.4, -0.2) is 21.0 Å². The van der Waals surface area contributed by atoms with E-state index in [0.717, 1.165) is 31.7 Å². The van der Waals surface area contributed by atoms with Gasteiger partial charge in [-0.2, -0.15) is 4.98 Å². The Morgan fingerprint density at radius 2 is 2.12 bits per heavy atom. The molecule has 1 aliphatic carbocycles. The summed E-state index contributed by atoms with van der Waals surface area (Å²) in [6.45, 7) is 0. The summed E-state index contributed by atoms with van der Waals surface area (Å²) in [5.41, 5.74) is 10.8. The number of hydrogen-bond donors (Lipinski definition) is 2. The molecule has 0 aliphatic heterocycles. The number of nitro groups is 1. The van der Waals surface area contributed by atoms with Crippen molar-refractivity contribution in [2.24, 2.45) is 11.5 Å². The van der Waals surface area contributed by atoms with Crippen molar-refractivity contribution in [3.63, 3.8) is 0 Å². The van der Waals surface area contributed by atoms with Gasteiger partial charge in [0.05, 0.1) is 21.1 Å². The van der Waals surface area contributed by atoms with Gasteiger partial charge < -0.3 is 16.0 Å². The molecular formula is C15H17N5O4S. The van der Waals surface area contributed by atoms with Crippen LogP contribution in [0.5, 0.6) is 0 Å². The van der Waals surface area contributed by atoms with Crippen LogP contribution in [0, 0.1) is 10.1 Å². The molecule has 9 nitrogen and oxygen atoms in total. The second-order valence-corrected chi connectivity index (χ2v) is 6.98. The van der Waals surface area contributed by atoms with Gasteiger partial charge in [-0.25, -0.2) is 0 Å². The number of amides is 1. The molecule has 132 valence electrons. The number of nitrogens with zero attached hydrogens (tertiary/aromatic N) is 3. The fourth-order valence-corrected chi connectivity index (χ4v) is 3.66. The maximum atomic E-state index is 11.2. The molecule has 0 saturated heterocycles. The lowest BCUT2D eigenvalue weighted by molar-refractivity contribution is -0.387. The summed E-state index contributed by atoms with van der Waals surface area (Å²) in [4.78, 5) is 26.5. The smallest absolute Gasteiger partial charge is 0.283 e. The monoisotopic (exact) mass is 363 g/mol. The molecule has 1 amide bonds. The molecule has 4 N–H and O–H groups in total. The van der Waals surface area contributed by atoms with E-state index in [0.29, 0.717) is 16.6 Å². The number of nitrogens with two attached hydrogens (primary N) is 2. The van der Waals surface area contributed by atoms with Crippen LogP contribution < -0.4 is 11.5 Å². The van der Waals surface area contributed by atoms with Crippen molar-refractivity contribution in [1.82, 2.24) is 10.1 Å². The third-order valence-electron chi connectivity index (χ3n) is 4.20. The summed E-state index contributed by atoms with van der Waals surface area (Å²) in [6, 6.07) is 4.10. The molecule has 0 unspecified atom stereocenters. The molecule has 0 atom stereocenters. The highest BCUT2D eigenvalue weighted by Crippen LogP contribution is 2.36. The highest BCUT2D eigenvalue weighted by atomic mass is 32.2. The van der Waals surface area contributed by atoms with Crippen LogP contribution in [0.4, 0.5) is 5.69 Å². The second-order valence-electron chi connectivity index (χ2n) is 5.97. The maximum absolute atomic E-state index is 11.2. The van der Waals surface area contributed by atoms with Crippen molar-refractivity contribution in [1.29, 1.82) is 0 Å². The zero-order valence-electron chi connectivity index (χ0n) is 13.3. The minimum atomic E-state index is -0.717. The van der Waals surface area contributed by atoms with E-state index in [1.54, 1.807) is 0 Å². The fourth-order valence-electron chi connectivity index (χ4n) is 2.82. The van der Waals surface area contributed by atoms with Crippen molar-refractivity contribution in [3.8, 4) is 0 Å². The summed E-state index contributed by atoms with van der Waals surface area (Å²) in [5, 5.41) is 15.2. The zero-order valence-corrected chi connectivity index (χ0v) is 14.1. The number of carbonyl (C=O) groups excluding carboxylic acids is 1. The predicted octanol–water partition coefficient (Wildman–Crippen LogP) is 2.10. The molecule has 1 aromatic carbocycles. The van der Waals surface area contributed by atoms with Gasteiger partial charge in [0.15, 0.2) is 5.82 Å². The number of hydrogen-bond acceptors (Lipinski definition) is 8. The van der Waals surface area contributed by atoms with Crippen LogP contribution in [0.2, 0.25) is 0 Å². The second kappa shape index (κ2) is 6.81. The van der Waals surface area contributed by atoms with Gasteiger partial charge in [0, 0.05) is 11.6 Å². The molecule has 0 radical (unpaired) electrons. The molecular weight excluding hydrogens is 346 g/mol. The average Bonchev–Trinajstić information content (AvgIpc) is 3.22. The number of thioether (sulfide) groups is 1. The number of aromatic nitrogens is 2. The van der Waals surface area contributed by atoms with E-state index < -0.39 is 16.4 Å². The molecule has 1 aliphatic rings. The van der Waals surface area contributed by atoms with Gasteiger partial charge >= 0.3 is 0 Å². The Balaban J connectivity index is 1.74. The van der Waals surface area contributed by atoms with E-state index >= 15 is 0 Å². The van der Waals surface area contributed by atoms with Crippen molar-refractivity contribution < 1.29 is 14.2 Å². The van der Waals surface area contributed by atoms with Crippen molar-refractivity contribution in [3.05, 3.63) is 45.6 Å². The SMILES string of the molecule is NC(=O)c1ccc(SCc2nc(C3(N)CCCC3)no2)c([N+](=O)[O-])c1. The number of primary amides is 1. The normalized spacial score (nSPS) is 16.0. The van der Waals surface area contributed by atoms with Gasteiger partial charge in [-0.3, -0.25) is 14.9 Å². The lowest BCUT2D eigenvalue weighted by Crippen LogP contribution is -2.34. The van der Waals surface area contributed by atoms with Crippen LogP contribution in [-0.2, 0) is 11.3 Å². The summed E-state index contributed by atoms with van der Waals surface area (Å²) in [5.74, 6) is 0.384. The van der Waals surface area contributed by atoms with Gasteiger partial charge in [0.2, 0.25) is 11.8 Å². The third-order valence-corrected chi connectivity index (χ3v) is 5.25. The molecule has 2 aromatic rings. The quantitative estimate of drug-likeness (QED) is 0.449. The summed E-state index contributed by atoms with van der Waals surface area (Å²) in [6.07, 6.45) is 3.71. The first-order valence-corrected chi connectivity index (χ1v) is 8.70. The number of carbonyl (C=O) groups is 1. The molecule has 0 bridgehead atoms. The Morgan fingerprint density at radius 3 is 2.76 bits per heavy atom. The van der Waals surface area contributed by atoms with E-state index in [9.17, 15) is 14.9 Å². The molecule has 1 fully saturated rings. The average molecular weight is 363 g/mol. The predicted molar refractivity (Wildman–Crippen MR) is 89.8 cm³/mol. The van der Waals surface area contributed by atoms with Crippen molar-refractivity contribution >= 4 is 23.4 Å². The topological polar surface area (TPSA) is 151 Å². The first-order valence-electron chi connectivity index (χ1n) is 7.72. The van der Waals surface area contributed by atoms with Gasteiger partial charge in [-0.15, -0.1) is 11.8 Å². The molecule has 10 heteroatoms. The Bertz CT molecular complexity index is 816. The lowest BCUT2D eigenvalue weighted by Gasteiger charge is -2.17. The summed E-state index contributed by atoms with van der Waals surface area (Å²) >= 11 is 1.17. The van der Waals surface area contributed by atoms with Crippen LogP contribution >= 0.6 is 11.8 Å². The largest absolute Gasteiger partial charge is 0.366 e. The van der Waals surface area contributed by atoms with Crippen molar-refractivity contribution in [2.75, 3.05) is 0 Å². The minimum absolute atomic E-state index is 0.0856. The first kappa shape index (κ1) is 17.4. The highest BCUT2D eigenvalue weighted by Gasteiger charge is 2.36. The molecule has 1 heterocycles. The minimum Gasteiger partial charge on any atom is -0.366 e. The summed E-state index contributed by atoms with van der Waals surface area (Å²) in [7, 11) is 0. The molecule has 3 rings (SSSR count). The van der Waals surface area contributed by atoms with Gasteiger partial charge in [-0.1, -0.05) is 18.0 Å². The fraction of sp³-hybridized carbons (Fsp3) is 0.400. The Labute approximate surface area is 147 Å². The number of benzene rings is 1. The van der Waals surface area contributed by atoms with Gasteiger partial charge in [0.1, 0.15) is 0 Å². The molecule has 0 spiro atoms. The Hall–Kier alpha value is -2.46. The van der Waals surface area contributed by atoms with E-state index in [1.165, 1.54) is 23.9 Å². The van der Waals surface area contributed by atoms with Crippen LogP contribution in [0.25, 0.3) is 0 Å². The Morgan fingerprint density at radius 1 is 1.40 bits per heavy atom. The lowest BCUT2D eigenvalue weighted by atomic mass is 9.99. The number of rotatable bonds is 6. The Kier molecular flexibility index (Phi) is 4.73. The molecule has 25 heavy (non-hydrogen) atoms. The maximum Gasteiger partial charge on any atom is 0.283 e. The van der Waals surface area contributed by atoms with Crippen LogP contribution in [0.1, 0.15) is 47.8 Å². The highest BCUT2D eigenvalue weighted by molar-refractivity contribution is 7.98. The van der Waals surface area contributed by atoms with Gasteiger partial charge in [-0.05, 0) is 25.0 Å². The van der Waals surface area contributed by atoms with E-state index in [4.69, 9.17) is 16.0 Å². The van der Waals surface area contributed by atoms with Crippen LogP contribution in [0.3, 0.4) is 0 Å². The van der Waals surface area contributed by atoms with Gasteiger partial charge in [0.25, 0.3) is 5.69 Å². The molecule has 1 aromatic heterocycles. The standard InChI is InChI=1S/C15H17N5O4S/c16-13(21)9-3-4-11(10(7-9)20(22)23)25-8-12-18-14(19-24-12)15(17)5-1-2-6-15/h3-4,7H,1-2,5-6,8,17H2,(H2,16,21). The third kappa shape index (κ3) is 3.64.